The minimum atomic E-state index is 0.141. The van der Waals surface area contributed by atoms with Crippen molar-refractivity contribution >= 4 is 5.78 Å². The van der Waals surface area contributed by atoms with Crippen LogP contribution in [0.3, 0.4) is 0 Å². The van der Waals surface area contributed by atoms with Crippen molar-refractivity contribution in [2.75, 3.05) is 0 Å². The third-order valence-electron chi connectivity index (χ3n) is 3.89. The van der Waals surface area contributed by atoms with Crippen LogP contribution in [0.1, 0.15) is 57.7 Å². The van der Waals surface area contributed by atoms with Crippen molar-refractivity contribution in [3.05, 3.63) is 18.0 Å². The molecule has 1 fully saturated rings. The van der Waals surface area contributed by atoms with Gasteiger partial charge in [-0.05, 0) is 32.3 Å². The molecule has 0 aromatic carbocycles. The number of nitrogens with zero attached hydrogens (tertiary/aromatic N) is 2. The molecule has 3 nitrogen and oxygen atoms in total. The second-order valence-electron chi connectivity index (χ2n) is 5.15. The summed E-state index contributed by atoms with van der Waals surface area (Å²) >= 11 is 0. The van der Waals surface area contributed by atoms with Gasteiger partial charge in [-0.2, -0.15) is 5.10 Å². The van der Waals surface area contributed by atoms with Crippen molar-refractivity contribution < 1.29 is 4.79 Å². The van der Waals surface area contributed by atoms with Crippen LogP contribution in [0.2, 0.25) is 0 Å². The first kappa shape index (κ1) is 12.3. The van der Waals surface area contributed by atoms with Gasteiger partial charge in [0.25, 0.3) is 0 Å². The van der Waals surface area contributed by atoms with Crippen LogP contribution in [0.25, 0.3) is 0 Å². The molecule has 1 atom stereocenters. The van der Waals surface area contributed by atoms with Gasteiger partial charge in [0.05, 0.1) is 11.7 Å². The van der Waals surface area contributed by atoms with Gasteiger partial charge >= 0.3 is 0 Å². The van der Waals surface area contributed by atoms with E-state index in [2.05, 4.69) is 29.0 Å². The number of rotatable bonds is 5. The lowest BCUT2D eigenvalue weighted by molar-refractivity contribution is -0.120. The van der Waals surface area contributed by atoms with Crippen LogP contribution in [-0.2, 0) is 11.2 Å². The Morgan fingerprint density at radius 3 is 2.82 bits per heavy atom. The summed E-state index contributed by atoms with van der Waals surface area (Å²) < 4.78 is 2.11. The maximum absolute atomic E-state index is 11.4. The van der Waals surface area contributed by atoms with Gasteiger partial charge in [0.1, 0.15) is 5.78 Å². The van der Waals surface area contributed by atoms with Crippen LogP contribution in [0.15, 0.2) is 12.3 Å². The highest BCUT2D eigenvalue weighted by Crippen LogP contribution is 2.28. The zero-order valence-electron chi connectivity index (χ0n) is 10.9. The Morgan fingerprint density at radius 2 is 2.24 bits per heavy atom. The van der Waals surface area contributed by atoms with Gasteiger partial charge in [0.15, 0.2) is 0 Å². The zero-order chi connectivity index (χ0) is 12.3. The van der Waals surface area contributed by atoms with Crippen molar-refractivity contribution in [3.8, 4) is 0 Å². The number of carbonyl (C=O) groups is 1. The van der Waals surface area contributed by atoms with E-state index in [4.69, 9.17) is 0 Å². The summed E-state index contributed by atoms with van der Waals surface area (Å²) in [6.07, 6.45) is 8.95. The largest absolute Gasteiger partial charge is 0.300 e. The van der Waals surface area contributed by atoms with Gasteiger partial charge in [0, 0.05) is 18.5 Å². The molecule has 1 unspecified atom stereocenters. The third kappa shape index (κ3) is 2.96. The molecule has 1 aliphatic rings. The first-order chi connectivity index (χ1) is 8.20. The van der Waals surface area contributed by atoms with E-state index in [1.165, 1.54) is 25.7 Å². The highest BCUT2D eigenvalue weighted by Gasteiger charge is 2.19. The lowest BCUT2D eigenvalue weighted by atomic mass is 9.97. The summed E-state index contributed by atoms with van der Waals surface area (Å²) in [7, 11) is 0. The second-order valence-corrected chi connectivity index (χ2v) is 5.15. The fourth-order valence-corrected chi connectivity index (χ4v) is 2.69. The molecule has 0 amide bonds. The van der Waals surface area contributed by atoms with Gasteiger partial charge in [-0.3, -0.25) is 9.48 Å². The Hall–Kier alpha value is -1.12. The molecule has 1 heterocycles. The van der Waals surface area contributed by atoms with E-state index in [0.717, 1.165) is 18.5 Å². The summed E-state index contributed by atoms with van der Waals surface area (Å²) in [6.45, 7) is 3.75. The lowest BCUT2D eigenvalue weighted by Crippen LogP contribution is -2.14. The number of Topliss-reactive ketones (excluding diaryl/α,β-unsaturated/α-hetero) is 1. The van der Waals surface area contributed by atoms with E-state index in [1.807, 2.05) is 0 Å². The predicted octanol–water partition coefficient (Wildman–Crippen LogP) is 3.16. The number of carbonyl (C=O) groups excluding carboxylic acids is 1. The van der Waals surface area contributed by atoms with Crippen LogP contribution in [0.4, 0.5) is 0 Å². The van der Waals surface area contributed by atoms with E-state index in [1.54, 1.807) is 6.92 Å². The molecule has 2 rings (SSSR count). The summed E-state index contributed by atoms with van der Waals surface area (Å²) in [5, 5.41) is 4.63. The molecule has 0 radical (unpaired) electrons. The quantitative estimate of drug-likeness (QED) is 0.784. The van der Waals surface area contributed by atoms with Gasteiger partial charge < -0.3 is 0 Å². The molecule has 1 aromatic rings. The Morgan fingerprint density at radius 1 is 1.53 bits per heavy atom. The summed E-state index contributed by atoms with van der Waals surface area (Å²) in [5.41, 5.74) is 1.07. The minimum Gasteiger partial charge on any atom is -0.300 e. The van der Waals surface area contributed by atoms with E-state index in [0.29, 0.717) is 6.04 Å². The number of hydrogen-bond donors (Lipinski definition) is 0. The highest BCUT2D eigenvalue weighted by atomic mass is 16.1. The molecule has 0 N–H and O–H groups in total. The normalized spacial score (nSPS) is 18.5. The van der Waals surface area contributed by atoms with Gasteiger partial charge in [-0.1, -0.05) is 19.8 Å². The fourth-order valence-electron chi connectivity index (χ4n) is 2.69. The van der Waals surface area contributed by atoms with E-state index < -0.39 is 0 Å². The van der Waals surface area contributed by atoms with Crippen molar-refractivity contribution in [1.82, 2.24) is 9.78 Å². The average molecular weight is 234 g/mol. The van der Waals surface area contributed by atoms with Gasteiger partial charge in [-0.25, -0.2) is 0 Å². The van der Waals surface area contributed by atoms with E-state index in [9.17, 15) is 4.79 Å². The van der Waals surface area contributed by atoms with Crippen molar-refractivity contribution in [2.24, 2.45) is 5.92 Å². The van der Waals surface area contributed by atoms with Crippen LogP contribution in [0, 0.1) is 5.92 Å². The summed E-state index contributed by atoms with van der Waals surface area (Å²) in [6, 6.07) is 2.67. The molecule has 0 saturated heterocycles. The Labute approximate surface area is 103 Å². The molecule has 3 heteroatoms. The van der Waals surface area contributed by atoms with Crippen molar-refractivity contribution in [1.29, 1.82) is 0 Å². The SMILES string of the molecule is CCC(Cc1ccn(C2CCCC2)n1)C(C)=O. The van der Waals surface area contributed by atoms with Crippen molar-refractivity contribution in [3.63, 3.8) is 0 Å². The molecular weight excluding hydrogens is 212 g/mol. The number of hydrogen-bond acceptors (Lipinski definition) is 2. The average Bonchev–Trinajstić information content (AvgIpc) is 2.95. The monoisotopic (exact) mass is 234 g/mol. The van der Waals surface area contributed by atoms with Crippen LogP contribution in [0.5, 0.6) is 0 Å². The molecule has 94 valence electrons. The molecular formula is C14H22N2O. The topological polar surface area (TPSA) is 34.9 Å². The molecule has 1 saturated carbocycles. The fraction of sp³-hybridized carbons (Fsp3) is 0.714. The van der Waals surface area contributed by atoms with Crippen LogP contribution >= 0.6 is 0 Å². The van der Waals surface area contributed by atoms with Gasteiger partial charge in [-0.15, -0.1) is 0 Å². The first-order valence-corrected chi connectivity index (χ1v) is 6.75. The second kappa shape index (κ2) is 5.48. The first-order valence-electron chi connectivity index (χ1n) is 6.75. The number of ketones is 1. The molecule has 0 bridgehead atoms. The molecule has 1 aliphatic carbocycles. The third-order valence-corrected chi connectivity index (χ3v) is 3.89. The van der Waals surface area contributed by atoms with Crippen LogP contribution in [-0.4, -0.2) is 15.6 Å². The minimum absolute atomic E-state index is 0.141. The highest BCUT2D eigenvalue weighted by molar-refractivity contribution is 5.78. The lowest BCUT2D eigenvalue weighted by Gasteiger charge is -2.10. The molecule has 1 aromatic heterocycles. The smallest absolute Gasteiger partial charge is 0.133 e. The maximum atomic E-state index is 11.4. The number of aromatic nitrogens is 2. The van der Waals surface area contributed by atoms with Gasteiger partial charge in [0.2, 0.25) is 0 Å². The summed E-state index contributed by atoms with van der Waals surface area (Å²) in [4.78, 5) is 11.4. The van der Waals surface area contributed by atoms with E-state index in [-0.39, 0.29) is 11.7 Å². The standard InChI is InChI=1S/C14H22N2O/c1-3-12(11(2)17)10-13-8-9-16(15-13)14-6-4-5-7-14/h8-9,12,14H,3-7,10H2,1-2H3. The maximum Gasteiger partial charge on any atom is 0.133 e. The molecule has 0 aliphatic heterocycles. The van der Waals surface area contributed by atoms with E-state index >= 15 is 0 Å². The predicted molar refractivity (Wildman–Crippen MR) is 67.9 cm³/mol. The van der Waals surface area contributed by atoms with Crippen molar-refractivity contribution in [2.45, 2.75) is 58.4 Å². The molecule has 17 heavy (non-hydrogen) atoms. The Balaban J connectivity index is 2.00. The summed E-state index contributed by atoms with van der Waals surface area (Å²) in [5.74, 6) is 0.421. The Kier molecular flexibility index (Phi) is 3.97. The van der Waals surface area contributed by atoms with Crippen LogP contribution < -0.4 is 0 Å². The molecule has 0 spiro atoms. The zero-order valence-corrected chi connectivity index (χ0v) is 10.9. The Bertz CT molecular complexity index is 377.